The summed E-state index contributed by atoms with van der Waals surface area (Å²) in [5.74, 6) is 6.40. The maximum Gasteiger partial charge on any atom is 0.0700 e. The Kier molecular flexibility index (Phi) is 4.28. The maximum absolute atomic E-state index is 3.36. The molecule has 0 saturated heterocycles. The number of hydrogen-bond donors (Lipinski definition) is 0. The predicted molar refractivity (Wildman–Crippen MR) is 50.6 cm³/mol. The van der Waals surface area contributed by atoms with E-state index in [9.17, 15) is 0 Å². The first-order valence-electron chi connectivity index (χ1n) is 4.38. The minimum Gasteiger partial charge on any atom is -0.315 e. The zero-order valence-corrected chi connectivity index (χ0v) is 7.70. The third-order valence-electron chi connectivity index (χ3n) is 2.79. The lowest BCUT2D eigenvalue weighted by Crippen LogP contribution is -2.29. The van der Waals surface area contributed by atoms with Crippen molar-refractivity contribution in [2.45, 2.75) is 46.7 Å². The van der Waals surface area contributed by atoms with Crippen LogP contribution in [0.3, 0.4) is 0 Å². The first-order valence-corrected chi connectivity index (χ1v) is 4.38. The fourth-order valence-electron chi connectivity index (χ4n) is 1.48. The van der Waals surface area contributed by atoms with Crippen LogP contribution in [0.1, 0.15) is 27.7 Å². The summed E-state index contributed by atoms with van der Waals surface area (Å²) in [6.45, 7) is 8.68. The van der Waals surface area contributed by atoms with Gasteiger partial charge in [-0.3, -0.25) is 0 Å². The van der Waals surface area contributed by atoms with Crippen LogP contribution in [-0.4, -0.2) is 6.15 Å². The molecule has 0 saturated carbocycles. The molecule has 0 aromatic heterocycles. The molecule has 0 aliphatic rings. The van der Waals surface area contributed by atoms with Crippen LogP contribution in [0.4, 0.5) is 0 Å². The van der Waals surface area contributed by atoms with Crippen molar-refractivity contribution >= 4 is 6.15 Å². The Bertz CT molecular complexity index is 126. The van der Waals surface area contributed by atoms with E-state index in [1.807, 2.05) is 6.92 Å². The highest BCUT2D eigenvalue weighted by atomic mass is 13.8. The van der Waals surface area contributed by atoms with Gasteiger partial charge >= 0.3 is 0 Å². The van der Waals surface area contributed by atoms with Crippen molar-refractivity contribution in [2.24, 2.45) is 0 Å². The third kappa shape index (κ3) is 2.10. The van der Waals surface area contributed by atoms with Gasteiger partial charge in [-0.15, -0.1) is 0 Å². The Labute approximate surface area is 65.3 Å². The molecule has 0 bridgehead atoms. The van der Waals surface area contributed by atoms with Crippen molar-refractivity contribution in [1.29, 1.82) is 0 Å². The van der Waals surface area contributed by atoms with Crippen molar-refractivity contribution in [1.82, 2.24) is 0 Å². The summed E-state index contributed by atoms with van der Waals surface area (Å²) in [5, 5.41) is 0. The zero-order valence-electron chi connectivity index (χ0n) is 7.70. The molecule has 0 spiro atoms. The highest BCUT2D eigenvalue weighted by Gasteiger charge is 2.14. The van der Waals surface area contributed by atoms with E-state index in [2.05, 4.69) is 32.5 Å². The maximum atomic E-state index is 3.36. The highest BCUT2D eigenvalue weighted by Crippen LogP contribution is 2.18. The van der Waals surface area contributed by atoms with Crippen LogP contribution in [0.15, 0.2) is 0 Å². The Morgan fingerprint density at radius 1 is 1.00 bits per heavy atom. The molecular formula is C9H18B-. The number of hydrogen-bond acceptors (Lipinski definition) is 0. The SMILES string of the molecule is CC#C[B-](CC)(CC)CC. The van der Waals surface area contributed by atoms with Gasteiger partial charge in [-0.25, -0.2) is 0 Å². The molecule has 0 aromatic carbocycles. The van der Waals surface area contributed by atoms with Crippen LogP contribution < -0.4 is 0 Å². The average molecular weight is 137 g/mol. The Balaban J connectivity index is 4.25. The van der Waals surface area contributed by atoms with E-state index in [0.717, 1.165) is 0 Å². The molecular weight excluding hydrogens is 119 g/mol. The summed E-state index contributed by atoms with van der Waals surface area (Å²) in [4.78, 5) is 0. The molecule has 0 fully saturated rings. The van der Waals surface area contributed by atoms with Crippen molar-refractivity contribution < 1.29 is 0 Å². The van der Waals surface area contributed by atoms with Crippen LogP contribution in [0, 0.1) is 11.7 Å². The predicted octanol–water partition coefficient (Wildman–Crippen LogP) is 3.06. The largest absolute Gasteiger partial charge is 0.315 e. The van der Waals surface area contributed by atoms with E-state index < -0.39 is 0 Å². The van der Waals surface area contributed by atoms with Crippen LogP contribution in [0.5, 0.6) is 0 Å². The molecule has 0 nitrogen and oxygen atoms in total. The van der Waals surface area contributed by atoms with Gasteiger partial charge < -0.3 is 5.82 Å². The van der Waals surface area contributed by atoms with E-state index in [4.69, 9.17) is 0 Å². The fourth-order valence-corrected chi connectivity index (χ4v) is 1.48. The topological polar surface area (TPSA) is 0 Å². The Morgan fingerprint density at radius 3 is 1.50 bits per heavy atom. The average Bonchev–Trinajstić information content (AvgIpc) is 2.01. The van der Waals surface area contributed by atoms with Crippen LogP contribution in [0.2, 0.25) is 19.0 Å². The summed E-state index contributed by atoms with van der Waals surface area (Å²) in [5.41, 5.74) is 0. The van der Waals surface area contributed by atoms with Gasteiger partial charge in [-0.05, 0) is 6.92 Å². The fraction of sp³-hybridized carbons (Fsp3) is 0.778. The van der Waals surface area contributed by atoms with Crippen molar-refractivity contribution in [3.8, 4) is 11.7 Å². The van der Waals surface area contributed by atoms with Crippen LogP contribution in [-0.2, 0) is 0 Å². The lowest BCUT2D eigenvalue weighted by molar-refractivity contribution is 1.20. The lowest BCUT2D eigenvalue weighted by Gasteiger charge is -2.29. The monoisotopic (exact) mass is 137 g/mol. The Hall–Kier alpha value is -0.375. The standard InChI is InChI=1S/C9H18B/c1-5-9-10(6-2,7-3)8-4/h6-8H2,1-4H3/q-1. The Morgan fingerprint density at radius 2 is 1.40 bits per heavy atom. The molecule has 0 amide bonds. The number of rotatable bonds is 3. The smallest absolute Gasteiger partial charge is 0.0700 e. The molecule has 0 N–H and O–H groups in total. The van der Waals surface area contributed by atoms with Crippen molar-refractivity contribution in [2.75, 3.05) is 0 Å². The van der Waals surface area contributed by atoms with Gasteiger partial charge in [-0.1, -0.05) is 20.8 Å². The molecule has 0 unspecified atom stereocenters. The van der Waals surface area contributed by atoms with Crippen molar-refractivity contribution in [3.05, 3.63) is 0 Å². The molecule has 0 aliphatic carbocycles. The van der Waals surface area contributed by atoms with Crippen LogP contribution in [0.25, 0.3) is 0 Å². The molecule has 0 atom stereocenters. The van der Waals surface area contributed by atoms with E-state index >= 15 is 0 Å². The molecule has 58 valence electrons. The van der Waals surface area contributed by atoms with Gasteiger partial charge in [0.1, 0.15) is 0 Å². The van der Waals surface area contributed by atoms with Gasteiger partial charge in [0.05, 0.1) is 6.15 Å². The zero-order chi connectivity index (χ0) is 8.04. The van der Waals surface area contributed by atoms with E-state index in [1.165, 1.54) is 19.0 Å². The molecule has 1 heteroatoms. The molecule has 0 aliphatic heterocycles. The minimum atomic E-state index is -0.312. The summed E-state index contributed by atoms with van der Waals surface area (Å²) in [7, 11) is 0. The van der Waals surface area contributed by atoms with Gasteiger partial charge in [-0.2, -0.15) is 24.9 Å². The summed E-state index contributed by atoms with van der Waals surface area (Å²) >= 11 is 0. The first kappa shape index (κ1) is 9.62. The molecule has 0 rings (SSSR count). The van der Waals surface area contributed by atoms with E-state index in [-0.39, 0.29) is 6.15 Å². The van der Waals surface area contributed by atoms with Gasteiger partial charge in [0, 0.05) is 0 Å². The van der Waals surface area contributed by atoms with Crippen molar-refractivity contribution in [3.63, 3.8) is 0 Å². The van der Waals surface area contributed by atoms with Gasteiger partial charge in [0.25, 0.3) is 0 Å². The molecule has 0 radical (unpaired) electrons. The van der Waals surface area contributed by atoms with Gasteiger partial charge in [0.15, 0.2) is 0 Å². The highest BCUT2D eigenvalue weighted by molar-refractivity contribution is 6.87. The normalized spacial score (nSPS) is 10.4. The van der Waals surface area contributed by atoms with Gasteiger partial charge in [0.2, 0.25) is 0 Å². The molecule has 0 heterocycles. The second-order valence-electron chi connectivity index (χ2n) is 3.10. The minimum absolute atomic E-state index is 0.312. The lowest BCUT2D eigenvalue weighted by atomic mass is 9.21. The van der Waals surface area contributed by atoms with Crippen LogP contribution >= 0.6 is 0 Å². The molecule has 0 aromatic rings. The second kappa shape index (κ2) is 4.44. The second-order valence-corrected chi connectivity index (χ2v) is 3.10. The van der Waals surface area contributed by atoms with E-state index in [0.29, 0.717) is 0 Å². The van der Waals surface area contributed by atoms with E-state index in [1.54, 1.807) is 0 Å². The third-order valence-corrected chi connectivity index (χ3v) is 2.79. The summed E-state index contributed by atoms with van der Waals surface area (Å²) < 4.78 is 0. The summed E-state index contributed by atoms with van der Waals surface area (Å²) in [6, 6.07) is 0. The molecule has 10 heavy (non-hydrogen) atoms. The first-order chi connectivity index (χ1) is 4.74. The quantitative estimate of drug-likeness (QED) is 0.414. The summed E-state index contributed by atoms with van der Waals surface area (Å²) in [6.07, 6.45) is 3.42.